The van der Waals surface area contributed by atoms with Gasteiger partial charge in [0, 0.05) is 30.8 Å². The molecule has 2 heterocycles. The lowest BCUT2D eigenvalue weighted by molar-refractivity contribution is -0.121. The molecule has 2 N–H and O–H groups in total. The molecule has 0 radical (unpaired) electrons. The Morgan fingerprint density at radius 2 is 2.40 bits per heavy atom. The van der Waals surface area contributed by atoms with Crippen molar-refractivity contribution in [3.8, 4) is 0 Å². The molecule has 2 rings (SSSR count). The molecule has 1 aliphatic rings. The van der Waals surface area contributed by atoms with Crippen LogP contribution in [0.3, 0.4) is 0 Å². The molecule has 1 aromatic heterocycles. The van der Waals surface area contributed by atoms with Crippen LogP contribution in [-0.2, 0) is 11.8 Å². The predicted molar refractivity (Wildman–Crippen MR) is 82.0 cm³/mol. The molecule has 0 aromatic carbocycles. The summed E-state index contributed by atoms with van der Waals surface area (Å²) in [5.41, 5.74) is 2.19. The van der Waals surface area contributed by atoms with Crippen LogP contribution in [0.2, 0.25) is 0 Å². The van der Waals surface area contributed by atoms with Crippen molar-refractivity contribution in [3.05, 3.63) is 17.5 Å². The van der Waals surface area contributed by atoms with Gasteiger partial charge in [0.1, 0.15) is 0 Å². The number of carbonyl (C=O) groups excluding carboxylic acids is 1. The normalized spacial score (nSPS) is 19.4. The van der Waals surface area contributed by atoms with Gasteiger partial charge in [0.15, 0.2) is 0 Å². The van der Waals surface area contributed by atoms with Gasteiger partial charge in [-0.05, 0) is 39.7 Å². The van der Waals surface area contributed by atoms with E-state index in [1.807, 2.05) is 31.8 Å². The zero-order valence-corrected chi connectivity index (χ0v) is 13.3. The summed E-state index contributed by atoms with van der Waals surface area (Å²) in [5, 5.41) is 10.7. The van der Waals surface area contributed by atoms with Crippen LogP contribution < -0.4 is 10.6 Å². The van der Waals surface area contributed by atoms with E-state index in [1.165, 1.54) is 12.8 Å². The second kappa shape index (κ2) is 7.64. The van der Waals surface area contributed by atoms with Crippen LogP contribution in [0.25, 0.3) is 0 Å². The van der Waals surface area contributed by atoms with Gasteiger partial charge < -0.3 is 10.6 Å². The zero-order chi connectivity index (χ0) is 13.8. The first kappa shape index (κ1) is 17.0. The maximum atomic E-state index is 11.9. The standard InChI is InChI=1S/C14H24N4O.ClH/c1-10(13-9-16-18(3)11(13)2)17-14(19)7-6-12-5-4-8-15-12;/h9-10,12,15H,4-8H2,1-3H3,(H,17,19);1H. The van der Waals surface area contributed by atoms with Crippen molar-refractivity contribution in [2.45, 2.75) is 51.6 Å². The van der Waals surface area contributed by atoms with Crippen LogP contribution in [-0.4, -0.2) is 28.3 Å². The SMILES string of the molecule is Cc1c(C(C)NC(=O)CCC2CCCN2)cnn1C.Cl. The molecule has 1 amide bonds. The average molecular weight is 301 g/mol. The van der Waals surface area contributed by atoms with Crippen molar-refractivity contribution < 1.29 is 4.79 Å². The van der Waals surface area contributed by atoms with Gasteiger partial charge in [-0.15, -0.1) is 12.4 Å². The van der Waals surface area contributed by atoms with Gasteiger partial charge in [-0.3, -0.25) is 9.48 Å². The van der Waals surface area contributed by atoms with E-state index in [9.17, 15) is 4.79 Å². The van der Waals surface area contributed by atoms with E-state index >= 15 is 0 Å². The molecule has 1 saturated heterocycles. The minimum absolute atomic E-state index is 0. The monoisotopic (exact) mass is 300 g/mol. The fourth-order valence-electron chi connectivity index (χ4n) is 2.64. The topological polar surface area (TPSA) is 59.0 Å². The summed E-state index contributed by atoms with van der Waals surface area (Å²) < 4.78 is 1.83. The van der Waals surface area contributed by atoms with Gasteiger partial charge in [0.05, 0.1) is 12.2 Å². The first-order chi connectivity index (χ1) is 9.08. The fourth-order valence-corrected chi connectivity index (χ4v) is 2.64. The first-order valence-electron chi connectivity index (χ1n) is 7.09. The van der Waals surface area contributed by atoms with Crippen LogP contribution in [0.4, 0.5) is 0 Å². The predicted octanol–water partition coefficient (Wildman–Crippen LogP) is 1.86. The quantitative estimate of drug-likeness (QED) is 0.872. The van der Waals surface area contributed by atoms with Crippen LogP contribution in [0, 0.1) is 6.92 Å². The highest BCUT2D eigenvalue weighted by Gasteiger charge is 2.17. The summed E-state index contributed by atoms with van der Waals surface area (Å²) >= 11 is 0. The Morgan fingerprint density at radius 1 is 1.65 bits per heavy atom. The van der Waals surface area contributed by atoms with E-state index < -0.39 is 0 Å². The van der Waals surface area contributed by atoms with Crippen LogP contribution in [0.15, 0.2) is 6.20 Å². The molecule has 0 aliphatic carbocycles. The number of aromatic nitrogens is 2. The number of amides is 1. The summed E-state index contributed by atoms with van der Waals surface area (Å²) in [6.45, 7) is 5.13. The lowest BCUT2D eigenvalue weighted by atomic mass is 10.1. The molecule has 0 spiro atoms. The first-order valence-corrected chi connectivity index (χ1v) is 7.09. The molecular weight excluding hydrogens is 276 g/mol. The van der Waals surface area contributed by atoms with E-state index in [2.05, 4.69) is 15.7 Å². The number of hydrogen-bond acceptors (Lipinski definition) is 3. The number of nitrogens with one attached hydrogen (secondary N) is 2. The molecule has 2 atom stereocenters. The summed E-state index contributed by atoms with van der Waals surface area (Å²) in [4.78, 5) is 11.9. The van der Waals surface area contributed by atoms with E-state index in [0.29, 0.717) is 12.5 Å². The zero-order valence-electron chi connectivity index (χ0n) is 12.5. The summed E-state index contributed by atoms with van der Waals surface area (Å²) in [5.74, 6) is 0.129. The number of nitrogens with zero attached hydrogens (tertiary/aromatic N) is 2. The van der Waals surface area contributed by atoms with Gasteiger partial charge in [-0.25, -0.2) is 0 Å². The third kappa shape index (κ3) is 4.21. The van der Waals surface area contributed by atoms with Gasteiger partial charge in [-0.1, -0.05) is 0 Å². The van der Waals surface area contributed by atoms with E-state index in [1.54, 1.807) is 0 Å². The number of halogens is 1. The molecule has 6 heteroatoms. The highest BCUT2D eigenvalue weighted by molar-refractivity contribution is 5.85. The number of aryl methyl sites for hydroxylation is 1. The third-order valence-corrected chi connectivity index (χ3v) is 4.00. The summed E-state index contributed by atoms with van der Waals surface area (Å²) in [7, 11) is 1.92. The Kier molecular flexibility index (Phi) is 6.49. The Labute approximate surface area is 126 Å². The van der Waals surface area contributed by atoms with Crippen molar-refractivity contribution in [2.75, 3.05) is 6.54 Å². The molecule has 20 heavy (non-hydrogen) atoms. The van der Waals surface area contributed by atoms with Crippen molar-refractivity contribution in [1.29, 1.82) is 0 Å². The minimum atomic E-state index is 0. The molecule has 5 nitrogen and oxygen atoms in total. The Morgan fingerprint density at radius 3 is 2.95 bits per heavy atom. The lowest BCUT2D eigenvalue weighted by Crippen LogP contribution is -2.29. The van der Waals surface area contributed by atoms with Crippen molar-refractivity contribution in [2.24, 2.45) is 7.05 Å². The summed E-state index contributed by atoms with van der Waals surface area (Å²) in [6, 6.07) is 0.555. The van der Waals surface area contributed by atoms with Crippen molar-refractivity contribution >= 4 is 18.3 Å². The maximum absolute atomic E-state index is 11.9. The number of rotatable bonds is 5. The maximum Gasteiger partial charge on any atom is 0.220 e. The molecule has 114 valence electrons. The Bertz CT molecular complexity index is 440. The smallest absolute Gasteiger partial charge is 0.220 e. The third-order valence-electron chi connectivity index (χ3n) is 4.00. The number of carbonyl (C=O) groups is 1. The van der Waals surface area contributed by atoms with Crippen LogP contribution in [0.1, 0.15) is 49.9 Å². The van der Waals surface area contributed by atoms with Gasteiger partial charge >= 0.3 is 0 Å². The molecule has 1 fully saturated rings. The highest BCUT2D eigenvalue weighted by atomic mass is 35.5. The summed E-state index contributed by atoms with van der Waals surface area (Å²) in [6.07, 6.45) is 5.80. The second-order valence-electron chi connectivity index (χ2n) is 5.43. The van der Waals surface area contributed by atoms with Gasteiger partial charge in [-0.2, -0.15) is 5.10 Å². The highest BCUT2D eigenvalue weighted by Crippen LogP contribution is 2.16. The lowest BCUT2D eigenvalue weighted by Gasteiger charge is -2.15. The van der Waals surface area contributed by atoms with E-state index in [0.717, 1.165) is 24.2 Å². The average Bonchev–Trinajstić information content (AvgIpc) is 2.98. The second-order valence-corrected chi connectivity index (χ2v) is 5.43. The molecule has 0 saturated carbocycles. The van der Waals surface area contributed by atoms with Gasteiger partial charge in [0.25, 0.3) is 0 Å². The molecule has 1 aromatic rings. The van der Waals surface area contributed by atoms with E-state index in [-0.39, 0.29) is 24.4 Å². The van der Waals surface area contributed by atoms with Crippen molar-refractivity contribution in [1.82, 2.24) is 20.4 Å². The van der Waals surface area contributed by atoms with Gasteiger partial charge in [0.2, 0.25) is 5.91 Å². The largest absolute Gasteiger partial charge is 0.349 e. The van der Waals surface area contributed by atoms with E-state index in [4.69, 9.17) is 0 Å². The Balaban J connectivity index is 0.00000200. The molecule has 2 unspecified atom stereocenters. The van der Waals surface area contributed by atoms with Crippen LogP contribution >= 0.6 is 12.4 Å². The molecular formula is C14H25ClN4O. The van der Waals surface area contributed by atoms with Crippen LogP contribution in [0.5, 0.6) is 0 Å². The molecule has 0 bridgehead atoms. The molecule has 1 aliphatic heterocycles. The Hall–Kier alpha value is -1.07. The minimum Gasteiger partial charge on any atom is -0.349 e. The number of hydrogen-bond donors (Lipinski definition) is 2. The fraction of sp³-hybridized carbons (Fsp3) is 0.714. The van der Waals surface area contributed by atoms with Crippen molar-refractivity contribution in [3.63, 3.8) is 0 Å².